The quantitative estimate of drug-likeness (QED) is 0.577. The summed E-state index contributed by atoms with van der Waals surface area (Å²) < 4.78 is 5.40. The van der Waals surface area contributed by atoms with E-state index < -0.39 is 0 Å². The van der Waals surface area contributed by atoms with Gasteiger partial charge in [0.1, 0.15) is 5.75 Å². The number of hydrogen-bond donors (Lipinski definition) is 0. The van der Waals surface area contributed by atoms with E-state index in [1.165, 1.54) is 0 Å². The standard InChI is InChI=1S/C19H22ClNO2/c1-5-17-16(11-8-14(21-17)12-19(2,3)4)18(22)23-15-9-6-13(20)7-10-15/h6-11H,5,12H2,1-4H3. The maximum atomic E-state index is 12.4. The fourth-order valence-electron chi connectivity index (χ4n) is 2.31. The van der Waals surface area contributed by atoms with Crippen molar-refractivity contribution in [2.24, 2.45) is 5.41 Å². The van der Waals surface area contributed by atoms with Crippen LogP contribution in [-0.2, 0) is 12.8 Å². The molecule has 0 spiro atoms. The van der Waals surface area contributed by atoms with Crippen molar-refractivity contribution in [2.45, 2.75) is 40.5 Å². The molecule has 0 saturated carbocycles. The van der Waals surface area contributed by atoms with Crippen molar-refractivity contribution >= 4 is 17.6 Å². The number of carbonyl (C=O) groups is 1. The zero-order chi connectivity index (χ0) is 17.0. The van der Waals surface area contributed by atoms with Crippen molar-refractivity contribution in [1.82, 2.24) is 4.98 Å². The lowest BCUT2D eigenvalue weighted by atomic mass is 9.90. The van der Waals surface area contributed by atoms with Gasteiger partial charge in [-0.3, -0.25) is 4.98 Å². The van der Waals surface area contributed by atoms with Crippen LogP contribution < -0.4 is 4.74 Å². The van der Waals surface area contributed by atoms with E-state index in [0.717, 1.165) is 17.8 Å². The van der Waals surface area contributed by atoms with Crippen molar-refractivity contribution in [3.8, 4) is 5.75 Å². The lowest BCUT2D eigenvalue weighted by Crippen LogP contribution is -2.15. The van der Waals surface area contributed by atoms with Gasteiger partial charge in [0.15, 0.2) is 0 Å². The highest BCUT2D eigenvalue weighted by atomic mass is 35.5. The molecule has 122 valence electrons. The lowest BCUT2D eigenvalue weighted by molar-refractivity contribution is 0.0733. The molecule has 1 aromatic heterocycles. The molecule has 2 rings (SSSR count). The number of aryl methyl sites for hydroxylation is 1. The molecule has 0 aliphatic heterocycles. The predicted molar refractivity (Wildman–Crippen MR) is 93.2 cm³/mol. The first-order valence-electron chi connectivity index (χ1n) is 7.75. The van der Waals surface area contributed by atoms with Crippen LogP contribution in [0.15, 0.2) is 36.4 Å². The number of hydrogen-bond acceptors (Lipinski definition) is 3. The van der Waals surface area contributed by atoms with Gasteiger partial charge in [0.2, 0.25) is 0 Å². The highest BCUT2D eigenvalue weighted by molar-refractivity contribution is 6.30. The Hall–Kier alpha value is -1.87. The Balaban J connectivity index is 2.21. The van der Waals surface area contributed by atoms with Gasteiger partial charge in [-0.05, 0) is 54.7 Å². The number of carbonyl (C=O) groups excluding carboxylic acids is 1. The van der Waals surface area contributed by atoms with E-state index in [-0.39, 0.29) is 11.4 Å². The molecule has 1 aromatic carbocycles. The number of esters is 1. The summed E-state index contributed by atoms with van der Waals surface area (Å²) in [5, 5.41) is 0.604. The molecule has 0 unspecified atom stereocenters. The molecule has 0 radical (unpaired) electrons. The highest BCUT2D eigenvalue weighted by Crippen LogP contribution is 2.22. The Morgan fingerprint density at radius 1 is 1.13 bits per heavy atom. The van der Waals surface area contributed by atoms with E-state index in [1.54, 1.807) is 24.3 Å². The Morgan fingerprint density at radius 2 is 1.78 bits per heavy atom. The van der Waals surface area contributed by atoms with Crippen LogP contribution in [0.4, 0.5) is 0 Å². The first-order valence-corrected chi connectivity index (χ1v) is 8.13. The molecule has 0 aliphatic rings. The molecule has 0 atom stereocenters. The van der Waals surface area contributed by atoms with E-state index in [9.17, 15) is 4.79 Å². The molecule has 0 saturated heterocycles. The molecular weight excluding hydrogens is 310 g/mol. The van der Waals surface area contributed by atoms with Crippen LogP contribution in [-0.4, -0.2) is 11.0 Å². The summed E-state index contributed by atoms with van der Waals surface area (Å²) in [6.45, 7) is 8.50. The molecule has 2 aromatic rings. The topological polar surface area (TPSA) is 39.2 Å². The SMILES string of the molecule is CCc1nc(CC(C)(C)C)ccc1C(=O)Oc1ccc(Cl)cc1. The van der Waals surface area contributed by atoms with Crippen molar-refractivity contribution < 1.29 is 9.53 Å². The number of ether oxygens (including phenoxy) is 1. The first kappa shape index (κ1) is 17.5. The van der Waals surface area contributed by atoms with Crippen molar-refractivity contribution in [2.75, 3.05) is 0 Å². The average molecular weight is 332 g/mol. The second-order valence-electron chi connectivity index (χ2n) is 6.73. The Bertz CT molecular complexity index is 688. The molecule has 0 amide bonds. The zero-order valence-corrected chi connectivity index (χ0v) is 14.8. The Kier molecular flexibility index (Phi) is 5.42. The van der Waals surface area contributed by atoms with Crippen LogP contribution in [0.2, 0.25) is 5.02 Å². The number of benzene rings is 1. The molecule has 0 N–H and O–H groups in total. The normalized spacial score (nSPS) is 11.3. The second-order valence-corrected chi connectivity index (χ2v) is 7.17. The maximum absolute atomic E-state index is 12.4. The average Bonchev–Trinajstić information content (AvgIpc) is 2.47. The van der Waals surface area contributed by atoms with Gasteiger partial charge in [0.05, 0.1) is 11.3 Å². The number of nitrogens with zero attached hydrogens (tertiary/aromatic N) is 1. The van der Waals surface area contributed by atoms with E-state index in [4.69, 9.17) is 16.3 Å². The van der Waals surface area contributed by atoms with Gasteiger partial charge in [-0.25, -0.2) is 4.79 Å². The van der Waals surface area contributed by atoms with Crippen molar-refractivity contribution in [3.05, 3.63) is 58.4 Å². The summed E-state index contributed by atoms with van der Waals surface area (Å²) in [4.78, 5) is 17.0. The number of aromatic nitrogens is 1. The van der Waals surface area contributed by atoms with E-state index in [2.05, 4.69) is 25.8 Å². The van der Waals surface area contributed by atoms with Crippen molar-refractivity contribution in [1.29, 1.82) is 0 Å². The fraction of sp³-hybridized carbons (Fsp3) is 0.368. The minimum Gasteiger partial charge on any atom is -0.423 e. The fourth-order valence-corrected chi connectivity index (χ4v) is 2.43. The Labute approximate surface area is 142 Å². The highest BCUT2D eigenvalue weighted by Gasteiger charge is 2.17. The summed E-state index contributed by atoms with van der Waals surface area (Å²) in [7, 11) is 0. The van der Waals surface area contributed by atoms with Crippen LogP contribution in [0.25, 0.3) is 0 Å². The molecule has 23 heavy (non-hydrogen) atoms. The van der Waals surface area contributed by atoms with Crippen LogP contribution in [0, 0.1) is 5.41 Å². The summed E-state index contributed by atoms with van der Waals surface area (Å²) >= 11 is 5.83. The molecule has 3 nitrogen and oxygen atoms in total. The smallest absolute Gasteiger partial charge is 0.345 e. The van der Waals surface area contributed by atoms with Crippen LogP contribution in [0.5, 0.6) is 5.75 Å². The minimum absolute atomic E-state index is 0.156. The molecule has 1 heterocycles. The molecule has 0 bridgehead atoms. The van der Waals surface area contributed by atoms with Crippen LogP contribution in [0.3, 0.4) is 0 Å². The van der Waals surface area contributed by atoms with Gasteiger partial charge >= 0.3 is 5.97 Å². The largest absolute Gasteiger partial charge is 0.423 e. The van der Waals surface area contributed by atoms with E-state index >= 15 is 0 Å². The van der Waals surface area contributed by atoms with Gasteiger partial charge in [-0.15, -0.1) is 0 Å². The second kappa shape index (κ2) is 7.14. The zero-order valence-electron chi connectivity index (χ0n) is 14.0. The Morgan fingerprint density at radius 3 is 2.35 bits per heavy atom. The maximum Gasteiger partial charge on any atom is 0.345 e. The van der Waals surface area contributed by atoms with Gasteiger partial charge in [0.25, 0.3) is 0 Å². The van der Waals surface area contributed by atoms with Gasteiger partial charge in [0, 0.05) is 10.7 Å². The minimum atomic E-state index is -0.390. The first-order chi connectivity index (χ1) is 10.8. The summed E-state index contributed by atoms with van der Waals surface area (Å²) in [6, 6.07) is 10.4. The van der Waals surface area contributed by atoms with E-state index in [1.807, 2.05) is 19.1 Å². The lowest BCUT2D eigenvalue weighted by Gasteiger charge is -2.18. The number of rotatable bonds is 4. The third-order valence-corrected chi connectivity index (χ3v) is 3.57. The predicted octanol–water partition coefficient (Wildman–Crippen LogP) is 5.11. The summed E-state index contributed by atoms with van der Waals surface area (Å²) in [5.41, 5.74) is 2.44. The van der Waals surface area contributed by atoms with Gasteiger partial charge < -0.3 is 4.74 Å². The molecular formula is C19H22ClNO2. The number of halogens is 1. The third kappa shape index (κ3) is 5.07. The van der Waals surface area contributed by atoms with Crippen LogP contribution in [0.1, 0.15) is 49.4 Å². The van der Waals surface area contributed by atoms with Crippen molar-refractivity contribution in [3.63, 3.8) is 0 Å². The monoisotopic (exact) mass is 331 g/mol. The van der Waals surface area contributed by atoms with E-state index in [0.29, 0.717) is 22.8 Å². The molecule has 0 aliphatic carbocycles. The number of pyridine rings is 1. The summed E-state index contributed by atoms with van der Waals surface area (Å²) in [6.07, 6.45) is 1.55. The van der Waals surface area contributed by atoms with Gasteiger partial charge in [-0.2, -0.15) is 0 Å². The van der Waals surface area contributed by atoms with Crippen LogP contribution >= 0.6 is 11.6 Å². The molecule has 4 heteroatoms. The van der Waals surface area contributed by atoms with Gasteiger partial charge in [-0.1, -0.05) is 39.3 Å². The third-order valence-electron chi connectivity index (χ3n) is 3.32. The molecule has 0 fully saturated rings. The summed E-state index contributed by atoms with van der Waals surface area (Å²) in [5.74, 6) is 0.0826.